The predicted molar refractivity (Wildman–Crippen MR) is 79.3 cm³/mol. The molecule has 0 saturated carbocycles. The highest BCUT2D eigenvalue weighted by molar-refractivity contribution is 5.92. The first kappa shape index (κ1) is 16.4. The zero-order chi connectivity index (χ0) is 15.7. The molecule has 110 valence electrons. The van der Waals surface area contributed by atoms with Gasteiger partial charge in [0.15, 0.2) is 0 Å². The van der Waals surface area contributed by atoms with E-state index in [9.17, 15) is 9.59 Å². The Labute approximate surface area is 123 Å². The molecule has 1 aromatic rings. The van der Waals surface area contributed by atoms with Gasteiger partial charge < -0.3 is 10.4 Å². The van der Waals surface area contributed by atoms with Crippen molar-refractivity contribution in [2.24, 2.45) is 0 Å². The summed E-state index contributed by atoms with van der Waals surface area (Å²) < 4.78 is 0. The van der Waals surface area contributed by atoms with E-state index in [2.05, 4.69) is 5.32 Å². The lowest BCUT2D eigenvalue weighted by Crippen LogP contribution is -2.35. The zero-order valence-corrected chi connectivity index (χ0v) is 11.9. The Bertz CT molecular complexity index is 556. The maximum absolute atomic E-state index is 11.8. The van der Waals surface area contributed by atoms with Crippen LogP contribution in [-0.2, 0) is 9.59 Å². The number of nitrogens with one attached hydrogen (secondary N) is 1. The molecule has 21 heavy (non-hydrogen) atoms. The van der Waals surface area contributed by atoms with Crippen molar-refractivity contribution in [3.05, 3.63) is 41.5 Å². The molecule has 0 bridgehead atoms. The highest BCUT2D eigenvalue weighted by Gasteiger charge is 2.13. The first-order valence-electron chi connectivity index (χ1n) is 6.75. The monoisotopic (exact) mass is 286 g/mol. The van der Waals surface area contributed by atoms with E-state index < -0.39 is 5.97 Å². The number of hydrogen-bond acceptors (Lipinski definition) is 3. The maximum atomic E-state index is 11.8. The van der Waals surface area contributed by atoms with Crippen molar-refractivity contribution in [3.63, 3.8) is 0 Å². The van der Waals surface area contributed by atoms with Gasteiger partial charge in [0.1, 0.15) is 0 Å². The number of carbonyl (C=O) groups is 2. The van der Waals surface area contributed by atoms with Crippen molar-refractivity contribution >= 4 is 18.0 Å². The molecule has 2 N–H and O–H groups in total. The molecule has 0 heterocycles. The first-order chi connectivity index (χ1) is 10.0. The first-order valence-corrected chi connectivity index (χ1v) is 6.75. The van der Waals surface area contributed by atoms with E-state index >= 15 is 0 Å². The normalized spacial score (nSPS) is 11.8. The summed E-state index contributed by atoms with van der Waals surface area (Å²) in [6.07, 6.45) is 4.34. The second kappa shape index (κ2) is 8.54. The van der Waals surface area contributed by atoms with Gasteiger partial charge in [-0.05, 0) is 30.2 Å². The number of aliphatic carboxylic acids is 1. The van der Waals surface area contributed by atoms with E-state index in [4.69, 9.17) is 10.4 Å². The predicted octanol–water partition coefficient (Wildman–Crippen LogP) is 2.33. The Hall–Kier alpha value is -2.61. The highest BCUT2D eigenvalue weighted by atomic mass is 16.4. The molecule has 0 saturated heterocycles. The molecule has 5 nitrogen and oxygen atoms in total. The zero-order valence-electron chi connectivity index (χ0n) is 11.9. The summed E-state index contributed by atoms with van der Waals surface area (Å²) in [6, 6.07) is 8.48. The van der Waals surface area contributed by atoms with E-state index in [1.165, 1.54) is 6.08 Å². The topological polar surface area (TPSA) is 90.2 Å². The summed E-state index contributed by atoms with van der Waals surface area (Å²) in [4.78, 5) is 22.5. The summed E-state index contributed by atoms with van der Waals surface area (Å²) >= 11 is 0. The number of nitriles is 1. The van der Waals surface area contributed by atoms with E-state index in [-0.39, 0.29) is 18.4 Å². The van der Waals surface area contributed by atoms with Crippen LogP contribution < -0.4 is 5.32 Å². The number of carbonyl (C=O) groups excluding carboxylic acids is 1. The number of nitrogens with zero attached hydrogens (tertiary/aromatic N) is 1. The average molecular weight is 286 g/mol. The molecule has 0 aliphatic carbocycles. The van der Waals surface area contributed by atoms with Crippen LogP contribution in [0.5, 0.6) is 0 Å². The third-order valence-electron chi connectivity index (χ3n) is 2.87. The number of carboxylic acid groups (broad SMARTS) is 1. The fourth-order valence-electron chi connectivity index (χ4n) is 1.87. The van der Waals surface area contributed by atoms with Crippen molar-refractivity contribution < 1.29 is 14.7 Å². The number of amides is 1. The van der Waals surface area contributed by atoms with Gasteiger partial charge in [-0.15, -0.1) is 0 Å². The van der Waals surface area contributed by atoms with Crippen LogP contribution in [0.4, 0.5) is 0 Å². The summed E-state index contributed by atoms with van der Waals surface area (Å²) in [5.74, 6) is -1.25. The van der Waals surface area contributed by atoms with Crippen LogP contribution in [0.1, 0.15) is 37.3 Å². The highest BCUT2D eigenvalue weighted by Crippen LogP contribution is 2.06. The summed E-state index contributed by atoms with van der Waals surface area (Å²) in [7, 11) is 0. The molecule has 0 aromatic heterocycles. The summed E-state index contributed by atoms with van der Waals surface area (Å²) in [5.41, 5.74) is 1.36. The van der Waals surface area contributed by atoms with Crippen molar-refractivity contribution in [1.29, 1.82) is 5.26 Å². The second-order valence-electron chi connectivity index (χ2n) is 4.66. The Balaban J connectivity index is 2.59. The van der Waals surface area contributed by atoms with Crippen LogP contribution in [0.2, 0.25) is 0 Å². The third kappa shape index (κ3) is 6.39. The van der Waals surface area contributed by atoms with Crippen LogP contribution in [0.25, 0.3) is 6.08 Å². The summed E-state index contributed by atoms with van der Waals surface area (Å²) in [5, 5.41) is 20.2. The molecule has 0 fully saturated rings. The van der Waals surface area contributed by atoms with Gasteiger partial charge in [0.2, 0.25) is 5.91 Å². The SMILES string of the molecule is CCCC(CC(=O)O)NC(=O)/C=C/c1ccc(C#N)cc1. The molecule has 1 amide bonds. The van der Waals surface area contributed by atoms with Gasteiger partial charge in [-0.1, -0.05) is 25.5 Å². The van der Waals surface area contributed by atoms with Crippen LogP contribution in [0.15, 0.2) is 30.3 Å². The van der Waals surface area contributed by atoms with Gasteiger partial charge in [-0.2, -0.15) is 5.26 Å². The average Bonchev–Trinajstić information content (AvgIpc) is 2.45. The third-order valence-corrected chi connectivity index (χ3v) is 2.87. The van der Waals surface area contributed by atoms with Crippen molar-refractivity contribution in [1.82, 2.24) is 5.32 Å². The minimum absolute atomic E-state index is 0.0791. The molecule has 0 spiro atoms. The van der Waals surface area contributed by atoms with E-state index in [0.29, 0.717) is 12.0 Å². The largest absolute Gasteiger partial charge is 0.481 e. The molecular formula is C16H18N2O3. The lowest BCUT2D eigenvalue weighted by atomic mass is 10.1. The van der Waals surface area contributed by atoms with Crippen LogP contribution in [-0.4, -0.2) is 23.0 Å². The standard InChI is InChI=1S/C16H18N2O3/c1-2-3-14(10-16(20)21)18-15(19)9-8-12-4-6-13(11-17)7-5-12/h4-9,14H,2-3,10H2,1H3,(H,18,19)(H,20,21)/b9-8+. The van der Waals surface area contributed by atoms with Gasteiger partial charge in [-0.25, -0.2) is 0 Å². The fourth-order valence-corrected chi connectivity index (χ4v) is 1.87. The lowest BCUT2D eigenvalue weighted by Gasteiger charge is -2.14. The Morgan fingerprint density at radius 2 is 2.05 bits per heavy atom. The quantitative estimate of drug-likeness (QED) is 0.753. The molecule has 1 atom stereocenters. The number of carboxylic acids is 1. The van der Waals surface area contributed by atoms with Crippen LogP contribution >= 0.6 is 0 Å². The molecule has 1 aromatic carbocycles. The minimum Gasteiger partial charge on any atom is -0.481 e. The molecule has 0 radical (unpaired) electrons. The van der Waals surface area contributed by atoms with Gasteiger partial charge in [0.05, 0.1) is 18.1 Å². The molecule has 1 unspecified atom stereocenters. The molecule has 5 heteroatoms. The van der Waals surface area contributed by atoms with Crippen LogP contribution in [0.3, 0.4) is 0 Å². The van der Waals surface area contributed by atoms with E-state index in [1.807, 2.05) is 13.0 Å². The number of hydrogen-bond donors (Lipinski definition) is 2. The van der Waals surface area contributed by atoms with Gasteiger partial charge >= 0.3 is 5.97 Å². The van der Waals surface area contributed by atoms with Crippen molar-refractivity contribution in [3.8, 4) is 6.07 Å². The van der Waals surface area contributed by atoms with Gasteiger partial charge in [0, 0.05) is 12.1 Å². The molecule has 0 aliphatic heterocycles. The van der Waals surface area contributed by atoms with Crippen LogP contribution in [0, 0.1) is 11.3 Å². The number of benzene rings is 1. The maximum Gasteiger partial charge on any atom is 0.305 e. The molecule has 1 rings (SSSR count). The summed E-state index contributed by atoms with van der Waals surface area (Å²) in [6.45, 7) is 1.94. The molecular weight excluding hydrogens is 268 g/mol. The van der Waals surface area contributed by atoms with Gasteiger partial charge in [0.25, 0.3) is 0 Å². The van der Waals surface area contributed by atoms with Gasteiger partial charge in [-0.3, -0.25) is 9.59 Å². The Morgan fingerprint density at radius 3 is 2.57 bits per heavy atom. The van der Waals surface area contributed by atoms with E-state index in [0.717, 1.165) is 12.0 Å². The van der Waals surface area contributed by atoms with Crippen molar-refractivity contribution in [2.75, 3.05) is 0 Å². The van der Waals surface area contributed by atoms with E-state index in [1.54, 1.807) is 30.3 Å². The smallest absolute Gasteiger partial charge is 0.305 e. The molecule has 0 aliphatic rings. The minimum atomic E-state index is -0.926. The second-order valence-corrected chi connectivity index (χ2v) is 4.66. The lowest BCUT2D eigenvalue weighted by molar-refractivity contribution is -0.137. The van der Waals surface area contributed by atoms with Crippen molar-refractivity contribution in [2.45, 2.75) is 32.2 Å². The number of rotatable bonds is 7. The fraction of sp³-hybridized carbons (Fsp3) is 0.312. The Kier molecular flexibility index (Phi) is 6.69. The Morgan fingerprint density at radius 1 is 1.38 bits per heavy atom.